The fraction of sp³-hybridized carbons (Fsp3) is 0.938. The zero-order valence-electron chi connectivity index (χ0n) is 14.6. The smallest absolute Gasteiger partial charge is 0.306 e. The highest BCUT2D eigenvalue weighted by Crippen LogP contribution is 2.31. The number of carboxylic acids is 1. The normalized spacial score (nSPS) is 24.6. The molecule has 22 heavy (non-hydrogen) atoms. The average Bonchev–Trinajstić information content (AvgIpc) is 3.03. The van der Waals surface area contributed by atoms with Crippen molar-refractivity contribution < 1.29 is 14.9 Å². The SMILES string of the molecule is CCB(C)O.CN.O=C(O)C1CCCCC1CN1CCCC1. The van der Waals surface area contributed by atoms with Crippen LogP contribution in [0.4, 0.5) is 0 Å². The minimum absolute atomic E-state index is 0.0700. The monoisotopic (exact) mass is 314 g/mol. The number of hydrogen-bond donors (Lipinski definition) is 3. The van der Waals surface area contributed by atoms with Crippen molar-refractivity contribution in [2.45, 2.75) is 58.6 Å². The van der Waals surface area contributed by atoms with Gasteiger partial charge in [0, 0.05) is 6.54 Å². The van der Waals surface area contributed by atoms with Crippen molar-refractivity contribution in [3.05, 3.63) is 0 Å². The van der Waals surface area contributed by atoms with Crippen LogP contribution < -0.4 is 5.73 Å². The Hall–Kier alpha value is -0.585. The Morgan fingerprint density at radius 2 is 1.68 bits per heavy atom. The summed E-state index contributed by atoms with van der Waals surface area (Å²) in [6, 6.07) is 0. The van der Waals surface area contributed by atoms with Crippen LogP contribution in [0, 0.1) is 11.8 Å². The lowest BCUT2D eigenvalue weighted by molar-refractivity contribution is -0.145. The topological polar surface area (TPSA) is 86.8 Å². The van der Waals surface area contributed by atoms with Crippen LogP contribution >= 0.6 is 0 Å². The third-order valence-corrected chi connectivity index (χ3v) is 4.51. The van der Waals surface area contributed by atoms with Gasteiger partial charge in [-0.2, -0.15) is 0 Å². The van der Waals surface area contributed by atoms with Gasteiger partial charge in [0.1, 0.15) is 0 Å². The molecule has 2 fully saturated rings. The van der Waals surface area contributed by atoms with Crippen molar-refractivity contribution in [1.29, 1.82) is 0 Å². The summed E-state index contributed by atoms with van der Waals surface area (Å²) < 4.78 is 0. The van der Waals surface area contributed by atoms with Crippen LogP contribution in [-0.4, -0.2) is 54.6 Å². The van der Waals surface area contributed by atoms with Gasteiger partial charge >= 0.3 is 5.97 Å². The second-order valence-electron chi connectivity index (χ2n) is 6.25. The van der Waals surface area contributed by atoms with Gasteiger partial charge < -0.3 is 20.8 Å². The summed E-state index contributed by atoms with van der Waals surface area (Å²) in [5.41, 5.74) is 4.50. The van der Waals surface area contributed by atoms with Crippen LogP contribution in [0.3, 0.4) is 0 Å². The van der Waals surface area contributed by atoms with Gasteiger partial charge in [-0.05, 0) is 51.7 Å². The van der Waals surface area contributed by atoms with E-state index in [2.05, 4.69) is 10.6 Å². The number of likely N-dealkylation sites (tertiary alicyclic amines) is 1. The third-order valence-electron chi connectivity index (χ3n) is 4.51. The van der Waals surface area contributed by atoms with Crippen LogP contribution in [0.15, 0.2) is 0 Å². The Balaban J connectivity index is 0.000000540. The van der Waals surface area contributed by atoms with Crippen molar-refractivity contribution in [3.8, 4) is 0 Å². The number of rotatable bonds is 4. The van der Waals surface area contributed by atoms with Crippen LogP contribution in [0.1, 0.15) is 45.4 Å². The van der Waals surface area contributed by atoms with E-state index >= 15 is 0 Å². The first-order valence-corrected chi connectivity index (χ1v) is 8.75. The first-order valence-electron chi connectivity index (χ1n) is 8.75. The first-order chi connectivity index (χ1) is 10.5. The Kier molecular flexibility index (Phi) is 12.6. The summed E-state index contributed by atoms with van der Waals surface area (Å²) in [5, 5.41) is 17.5. The van der Waals surface area contributed by atoms with E-state index < -0.39 is 5.97 Å². The second-order valence-corrected chi connectivity index (χ2v) is 6.25. The predicted octanol–water partition coefficient (Wildman–Crippen LogP) is 2.17. The van der Waals surface area contributed by atoms with E-state index in [1.165, 1.54) is 39.4 Å². The number of carboxylic acid groups (broad SMARTS) is 1. The van der Waals surface area contributed by atoms with E-state index in [9.17, 15) is 4.79 Å². The van der Waals surface area contributed by atoms with Crippen molar-refractivity contribution in [3.63, 3.8) is 0 Å². The standard InChI is InChI=1S/C12H21NO2.C3H9BO.CH5N/c14-12(15)11-6-2-1-5-10(11)9-13-7-3-4-8-13;1-3-4(2)5;1-2/h10-11H,1-9H2,(H,14,15);5H,3H2,1-2H3;2H2,1H3. The molecule has 1 heterocycles. The van der Waals surface area contributed by atoms with Crippen molar-refractivity contribution >= 4 is 12.9 Å². The van der Waals surface area contributed by atoms with Crippen LogP contribution in [0.25, 0.3) is 0 Å². The van der Waals surface area contributed by atoms with E-state index in [0.717, 1.165) is 32.1 Å². The molecule has 0 bridgehead atoms. The average molecular weight is 314 g/mol. The molecule has 0 amide bonds. The molecular weight excluding hydrogens is 279 g/mol. The third kappa shape index (κ3) is 8.76. The molecule has 1 saturated heterocycles. The molecule has 0 spiro atoms. The van der Waals surface area contributed by atoms with Gasteiger partial charge in [0.2, 0.25) is 0 Å². The summed E-state index contributed by atoms with van der Waals surface area (Å²) in [6.07, 6.45) is 7.80. The lowest BCUT2D eigenvalue weighted by Gasteiger charge is -2.31. The Morgan fingerprint density at radius 3 is 2.14 bits per heavy atom. The number of aliphatic carboxylic acids is 1. The second kappa shape index (κ2) is 12.9. The quantitative estimate of drug-likeness (QED) is 0.692. The number of carbonyl (C=O) groups is 1. The predicted molar refractivity (Wildman–Crippen MR) is 93.2 cm³/mol. The Bertz CT molecular complexity index is 285. The van der Waals surface area contributed by atoms with Crippen LogP contribution in [0.2, 0.25) is 13.1 Å². The molecule has 0 aromatic heterocycles. The molecule has 2 rings (SSSR count). The number of hydrogen-bond acceptors (Lipinski definition) is 4. The van der Waals surface area contributed by atoms with E-state index in [-0.39, 0.29) is 12.8 Å². The molecular formula is C16H35BN2O3. The van der Waals surface area contributed by atoms with E-state index in [1.807, 2.05) is 6.92 Å². The Labute approximate surface area is 136 Å². The molecule has 2 aliphatic rings. The molecule has 6 heteroatoms. The summed E-state index contributed by atoms with van der Waals surface area (Å²) >= 11 is 0. The Morgan fingerprint density at radius 1 is 1.18 bits per heavy atom. The molecule has 2 atom stereocenters. The van der Waals surface area contributed by atoms with Gasteiger partial charge in [-0.25, -0.2) is 0 Å². The maximum absolute atomic E-state index is 11.1. The minimum atomic E-state index is -0.570. The summed E-state index contributed by atoms with van der Waals surface area (Å²) in [4.78, 5) is 13.6. The number of nitrogens with two attached hydrogens (primary N) is 1. The van der Waals surface area contributed by atoms with Gasteiger partial charge in [0.15, 0.2) is 0 Å². The van der Waals surface area contributed by atoms with Gasteiger partial charge in [-0.3, -0.25) is 4.79 Å². The maximum atomic E-state index is 11.1. The summed E-state index contributed by atoms with van der Waals surface area (Å²) in [5.74, 6) is -0.229. The van der Waals surface area contributed by atoms with Crippen LogP contribution in [-0.2, 0) is 4.79 Å². The van der Waals surface area contributed by atoms with Gasteiger partial charge in [-0.15, -0.1) is 0 Å². The molecule has 0 aromatic rings. The van der Waals surface area contributed by atoms with E-state index in [4.69, 9.17) is 10.1 Å². The van der Waals surface area contributed by atoms with Crippen LogP contribution in [0.5, 0.6) is 0 Å². The molecule has 0 aromatic carbocycles. The molecule has 130 valence electrons. The highest BCUT2D eigenvalue weighted by Gasteiger charge is 2.32. The summed E-state index contributed by atoms with van der Waals surface area (Å²) in [7, 11) is 1.50. The van der Waals surface area contributed by atoms with Crippen molar-refractivity contribution in [2.75, 3.05) is 26.7 Å². The van der Waals surface area contributed by atoms with E-state index in [1.54, 1.807) is 6.82 Å². The molecule has 1 aliphatic carbocycles. The highest BCUT2D eigenvalue weighted by atomic mass is 16.4. The maximum Gasteiger partial charge on any atom is 0.306 e. The van der Waals surface area contributed by atoms with Gasteiger partial charge in [0.05, 0.1) is 5.92 Å². The number of nitrogens with zero attached hydrogens (tertiary/aromatic N) is 1. The molecule has 5 nitrogen and oxygen atoms in total. The first kappa shape index (κ1) is 21.4. The fourth-order valence-electron chi connectivity index (χ4n) is 3.05. The molecule has 4 N–H and O–H groups in total. The largest absolute Gasteiger partial charge is 0.481 e. The molecule has 0 radical (unpaired) electrons. The van der Waals surface area contributed by atoms with Crippen molar-refractivity contribution in [1.82, 2.24) is 4.90 Å². The fourth-order valence-corrected chi connectivity index (χ4v) is 3.05. The zero-order chi connectivity index (χ0) is 17.0. The summed E-state index contributed by atoms with van der Waals surface area (Å²) in [6.45, 7) is 7.00. The zero-order valence-corrected chi connectivity index (χ0v) is 14.6. The van der Waals surface area contributed by atoms with Crippen molar-refractivity contribution in [2.24, 2.45) is 17.6 Å². The molecule has 2 unspecified atom stereocenters. The van der Waals surface area contributed by atoms with Gasteiger partial charge in [0.25, 0.3) is 6.92 Å². The van der Waals surface area contributed by atoms with Gasteiger partial charge in [-0.1, -0.05) is 32.9 Å². The molecule has 1 saturated carbocycles. The lowest BCUT2D eigenvalue weighted by Crippen LogP contribution is -2.36. The van der Waals surface area contributed by atoms with E-state index in [0.29, 0.717) is 5.92 Å². The molecule has 1 aliphatic heterocycles. The lowest BCUT2D eigenvalue weighted by atomic mass is 9.69. The highest BCUT2D eigenvalue weighted by molar-refractivity contribution is 6.48. The minimum Gasteiger partial charge on any atom is -0.481 e.